The molecule has 1 heterocycles. The molecule has 0 amide bonds. The fourth-order valence-corrected chi connectivity index (χ4v) is 2.38. The molecule has 5 heteroatoms. The summed E-state index contributed by atoms with van der Waals surface area (Å²) in [6, 6.07) is 9.06. The minimum Gasteiger partial charge on any atom is -0.481 e. The van der Waals surface area contributed by atoms with E-state index in [-0.39, 0.29) is 0 Å². The Morgan fingerprint density at radius 2 is 2.15 bits per heavy atom. The molecule has 1 N–H and O–H groups in total. The molecular formula is C15H13BrClNO2. The molecule has 20 heavy (non-hydrogen) atoms. The van der Waals surface area contributed by atoms with Gasteiger partial charge in [-0.05, 0) is 52.5 Å². The standard InChI is InChI=1S/C15H13BrClNO2/c1-9-6-14(18-8-12(9)16)11(15(19)20)7-10-4-2-3-5-13(10)17/h2-6,8,11H,7H2,1H3,(H,19,20). The van der Waals surface area contributed by atoms with Crippen molar-refractivity contribution in [1.82, 2.24) is 4.98 Å². The molecule has 3 nitrogen and oxygen atoms in total. The predicted molar refractivity (Wildman–Crippen MR) is 82.2 cm³/mol. The SMILES string of the molecule is Cc1cc(C(Cc2ccccc2Cl)C(=O)O)ncc1Br. The van der Waals surface area contributed by atoms with Gasteiger partial charge in [0.1, 0.15) is 5.92 Å². The fourth-order valence-electron chi connectivity index (χ4n) is 1.95. The van der Waals surface area contributed by atoms with Crippen molar-refractivity contribution in [2.24, 2.45) is 0 Å². The van der Waals surface area contributed by atoms with E-state index in [1.165, 1.54) is 0 Å². The van der Waals surface area contributed by atoms with Crippen molar-refractivity contribution in [2.75, 3.05) is 0 Å². The molecule has 0 spiro atoms. The smallest absolute Gasteiger partial charge is 0.312 e. The number of carboxylic acids is 1. The van der Waals surface area contributed by atoms with Gasteiger partial charge >= 0.3 is 5.97 Å². The third kappa shape index (κ3) is 3.38. The highest BCUT2D eigenvalue weighted by Gasteiger charge is 2.23. The number of hydrogen-bond donors (Lipinski definition) is 1. The lowest BCUT2D eigenvalue weighted by Crippen LogP contribution is -2.16. The van der Waals surface area contributed by atoms with Crippen LogP contribution in [-0.2, 0) is 11.2 Å². The van der Waals surface area contributed by atoms with E-state index in [1.807, 2.05) is 25.1 Å². The number of aromatic nitrogens is 1. The second-order valence-electron chi connectivity index (χ2n) is 4.54. The largest absolute Gasteiger partial charge is 0.481 e. The second kappa shape index (κ2) is 6.37. The van der Waals surface area contributed by atoms with Gasteiger partial charge < -0.3 is 5.11 Å². The number of benzene rings is 1. The van der Waals surface area contributed by atoms with E-state index in [2.05, 4.69) is 20.9 Å². The first-order valence-electron chi connectivity index (χ1n) is 6.07. The number of nitrogens with zero attached hydrogens (tertiary/aromatic N) is 1. The Kier molecular flexibility index (Phi) is 4.78. The van der Waals surface area contributed by atoms with Gasteiger partial charge in [0.25, 0.3) is 0 Å². The van der Waals surface area contributed by atoms with Gasteiger partial charge in [0.2, 0.25) is 0 Å². The van der Waals surface area contributed by atoms with E-state index in [4.69, 9.17) is 11.6 Å². The zero-order chi connectivity index (χ0) is 14.7. The molecule has 0 saturated heterocycles. The van der Waals surface area contributed by atoms with Crippen molar-refractivity contribution >= 4 is 33.5 Å². The number of aliphatic carboxylic acids is 1. The van der Waals surface area contributed by atoms with Crippen LogP contribution in [0.2, 0.25) is 5.02 Å². The van der Waals surface area contributed by atoms with Crippen LogP contribution in [0.15, 0.2) is 41.0 Å². The minimum absolute atomic E-state index is 0.322. The summed E-state index contributed by atoms with van der Waals surface area (Å²) in [7, 11) is 0. The molecular weight excluding hydrogens is 342 g/mol. The fraction of sp³-hybridized carbons (Fsp3) is 0.200. The summed E-state index contributed by atoms with van der Waals surface area (Å²) < 4.78 is 0.864. The first-order chi connectivity index (χ1) is 9.49. The number of hydrogen-bond acceptors (Lipinski definition) is 2. The summed E-state index contributed by atoms with van der Waals surface area (Å²) in [5.74, 6) is -1.61. The van der Waals surface area contributed by atoms with Gasteiger partial charge in [-0.15, -0.1) is 0 Å². The highest BCUT2D eigenvalue weighted by Crippen LogP contribution is 2.26. The van der Waals surface area contributed by atoms with Gasteiger partial charge in [0, 0.05) is 15.7 Å². The average Bonchev–Trinajstić information content (AvgIpc) is 2.41. The van der Waals surface area contributed by atoms with Crippen LogP contribution < -0.4 is 0 Å². The lowest BCUT2D eigenvalue weighted by atomic mass is 9.95. The maximum atomic E-state index is 11.5. The lowest BCUT2D eigenvalue weighted by molar-refractivity contribution is -0.138. The Balaban J connectivity index is 2.34. The topological polar surface area (TPSA) is 50.2 Å². The van der Waals surface area contributed by atoms with Crippen LogP contribution in [0.25, 0.3) is 0 Å². The molecule has 0 bridgehead atoms. The normalized spacial score (nSPS) is 12.2. The summed E-state index contributed by atoms with van der Waals surface area (Å²) in [6.45, 7) is 1.91. The second-order valence-corrected chi connectivity index (χ2v) is 5.81. The van der Waals surface area contributed by atoms with Crippen molar-refractivity contribution in [1.29, 1.82) is 0 Å². The van der Waals surface area contributed by atoms with Crippen LogP contribution in [-0.4, -0.2) is 16.1 Å². The molecule has 0 saturated carbocycles. The molecule has 104 valence electrons. The van der Waals surface area contributed by atoms with E-state index in [1.54, 1.807) is 18.3 Å². The van der Waals surface area contributed by atoms with Crippen molar-refractivity contribution in [3.8, 4) is 0 Å². The van der Waals surface area contributed by atoms with Crippen LogP contribution in [0.3, 0.4) is 0 Å². The number of carbonyl (C=O) groups is 1. The Hall–Kier alpha value is -1.39. The molecule has 0 aliphatic heterocycles. The Labute approximate surface area is 130 Å². The molecule has 0 aliphatic carbocycles. The van der Waals surface area contributed by atoms with Gasteiger partial charge in [-0.2, -0.15) is 0 Å². The minimum atomic E-state index is -0.904. The number of halogens is 2. The molecule has 1 aromatic carbocycles. The van der Waals surface area contributed by atoms with Gasteiger partial charge in [-0.1, -0.05) is 29.8 Å². The van der Waals surface area contributed by atoms with E-state index in [0.717, 1.165) is 15.6 Å². The number of rotatable bonds is 4. The lowest BCUT2D eigenvalue weighted by Gasteiger charge is -2.14. The van der Waals surface area contributed by atoms with Crippen LogP contribution in [0.1, 0.15) is 22.7 Å². The molecule has 2 aromatic rings. The molecule has 0 radical (unpaired) electrons. The Bertz CT molecular complexity index is 646. The summed E-state index contributed by atoms with van der Waals surface area (Å²) in [6.07, 6.45) is 1.95. The molecule has 2 rings (SSSR count). The number of pyridine rings is 1. The highest BCUT2D eigenvalue weighted by molar-refractivity contribution is 9.10. The van der Waals surface area contributed by atoms with E-state index in [9.17, 15) is 9.90 Å². The Morgan fingerprint density at radius 3 is 2.75 bits per heavy atom. The van der Waals surface area contributed by atoms with Crippen molar-refractivity contribution in [3.63, 3.8) is 0 Å². The zero-order valence-electron chi connectivity index (χ0n) is 10.8. The maximum Gasteiger partial charge on any atom is 0.312 e. The molecule has 1 unspecified atom stereocenters. The predicted octanol–water partition coefficient (Wildman–Crippen LogP) is 4.22. The van der Waals surface area contributed by atoms with E-state index < -0.39 is 11.9 Å². The average molecular weight is 355 g/mol. The summed E-state index contributed by atoms with van der Waals surface area (Å²) in [5, 5.41) is 10.0. The van der Waals surface area contributed by atoms with Gasteiger partial charge in [0.15, 0.2) is 0 Å². The van der Waals surface area contributed by atoms with Crippen LogP contribution in [0.5, 0.6) is 0 Å². The van der Waals surface area contributed by atoms with E-state index in [0.29, 0.717) is 17.1 Å². The van der Waals surface area contributed by atoms with Gasteiger partial charge in [-0.3, -0.25) is 9.78 Å². The number of aryl methyl sites for hydroxylation is 1. The third-order valence-corrected chi connectivity index (χ3v) is 4.30. The van der Waals surface area contributed by atoms with Crippen molar-refractivity contribution in [3.05, 3.63) is 62.8 Å². The molecule has 1 atom stereocenters. The van der Waals surface area contributed by atoms with Crippen LogP contribution in [0.4, 0.5) is 0 Å². The summed E-state index contributed by atoms with van der Waals surface area (Å²) in [5.41, 5.74) is 2.31. The quantitative estimate of drug-likeness (QED) is 0.894. The summed E-state index contributed by atoms with van der Waals surface area (Å²) >= 11 is 9.46. The number of carboxylic acid groups (broad SMARTS) is 1. The first kappa shape index (κ1) is 15.0. The Morgan fingerprint density at radius 1 is 1.45 bits per heavy atom. The van der Waals surface area contributed by atoms with Crippen molar-refractivity contribution < 1.29 is 9.90 Å². The molecule has 0 fully saturated rings. The molecule has 0 aliphatic rings. The zero-order valence-corrected chi connectivity index (χ0v) is 13.1. The monoisotopic (exact) mass is 353 g/mol. The van der Waals surface area contributed by atoms with Gasteiger partial charge in [0.05, 0.1) is 5.69 Å². The van der Waals surface area contributed by atoms with Crippen molar-refractivity contribution in [2.45, 2.75) is 19.3 Å². The summed E-state index contributed by atoms with van der Waals surface area (Å²) in [4.78, 5) is 15.7. The molecule has 1 aromatic heterocycles. The van der Waals surface area contributed by atoms with Gasteiger partial charge in [-0.25, -0.2) is 0 Å². The van der Waals surface area contributed by atoms with E-state index >= 15 is 0 Å². The van der Waals surface area contributed by atoms with Crippen LogP contribution >= 0.6 is 27.5 Å². The first-order valence-corrected chi connectivity index (χ1v) is 7.24. The van der Waals surface area contributed by atoms with Crippen LogP contribution in [0, 0.1) is 6.92 Å². The maximum absolute atomic E-state index is 11.5. The third-order valence-electron chi connectivity index (χ3n) is 3.11. The highest BCUT2D eigenvalue weighted by atomic mass is 79.9.